The van der Waals surface area contributed by atoms with Crippen LogP contribution in [0.4, 0.5) is 0 Å². The predicted octanol–water partition coefficient (Wildman–Crippen LogP) is 6.44. The number of carbonyl (C=O) groups is 1. The molecule has 6 rings (SSSR count). The Hall–Kier alpha value is -2.70. The first kappa shape index (κ1) is 29.4. The zero-order chi connectivity index (χ0) is 29.4. The fourth-order valence-electron chi connectivity index (χ4n) is 8.80. The number of likely N-dealkylation sites (N-methyl/N-ethyl adjacent to an activating group) is 1. The highest BCUT2D eigenvalue weighted by atomic mass is 16.2. The number of imidazole rings is 1. The Morgan fingerprint density at radius 2 is 1.62 bits per heavy atom. The number of likely N-dealkylation sites (tertiary alicyclic amines) is 1. The van der Waals surface area contributed by atoms with E-state index in [1.54, 1.807) is 0 Å². The molecule has 226 valence electrons. The summed E-state index contributed by atoms with van der Waals surface area (Å²) in [6, 6.07) is 21.7. The third-order valence-electron chi connectivity index (χ3n) is 11.3. The Morgan fingerprint density at radius 3 is 2.26 bits per heavy atom. The number of hydrogen-bond acceptors (Lipinski definition) is 4. The van der Waals surface area contributed by atoms with Crippen LogP contribution in [0.3, 0.4) is 0 Å². The number of para-hydroxylation sites is 2. The van der Waals surface area contributed by atoms with Crippen LogP contribution < -0.4 is 0 Å². The first-order chi connectivity index (χ1) is 20.3. The third-order valence-corrected chi connectivity index (χ3v) is 11.3. The van der Waals surface area contributed by atoms with Crippen molar-refractivity contribution in [3.63, 3.8) is 0 Å². The molecule has 0 spiro atoms. The maximum absolute atomic E-state index is 13.7. The van der Waals surface area contributed by atoms with E-state index < -0.39 is 0 Å². The average Bonchev–Trinajstić information content (AvgIpc) is 3.46. The van der Waals surface area contributed by atoms with Gasteiger partial charge >= 0.3 is 0 Å². The molecule has 3 aliphatic heterocycles. The van der Waals surface area contributed by atoms with Gasteiger partial charge in [-0.2, -0.15) is 0 Å². The van der Waals surface area contributed by atoms with Crippen molar-refractivity contribution >= 4 is 16.9 Å². The molecule has 0 aliphatic carbocycles. The van der Waals surface area contributed by atoms with Crippen molar-refractivity contribution in [1.29, 1.82) is 0 Å². The van der Waals surface area contributed by atoms with Crippen LogP contribution in [0.15, 0.2) is 54.6 Å². The summed E-state index contributed by atoms with van der Waals surface area (Å²) in [5, 5.41) is 0. The van der Waals surface area contributed by atoms with E-state index in [0.29, 0.717) is 30.0 Å². The van der Waals surface area contributed by atoms with E-state index >= 15 is 0 Å². The van der Waals surface area contributed by atoms with E-state index in [2.05, 4.69) is 109 Å². The Morgan fingerprint density at radius 1 is 0.976 bits per heavy atom. The molecular weight excluding hydrogens is 518 g/mol. The molecule has 0 radical (unpaired) electrons. The highest BCUT2D eigenvalue weighted by molar-refractivity contribution is 5.82. The van der Waals surface area contributed by atoms with Crippen LogP contribution in [0, 0.1) is 12.8 Å². The number of carbonyl (C=O) groups excluding carboxylic acids is 1. The number of aromatic nitrogens is 2. The lowest BCUT2D eigenvalue weighted by atomic mass is 9.70. The van der Waals surface area contributed by atoms with Crippen LogP contribution >= 0.6 is 0 Å². The quantitative estimate of drug-likeness (QED) is 0.298. The van der Waals surface area contributed by atoms with Gasteiger partial charge in [0.1, 0.15) is 5.82 Å². The van der Waals surface area contributed by atoms with Crippen molar-refractivity contribution in [2.75, 3.05) is 33.7 Å². The molecule has 1 amide bonds. The Kier molecular flexibility index (Phi) is 8.48. The minimum atomic E-state index is -0.0348. The molecule has 2 aromatic carbocycles. The summed E-state index contributed by atoms with van der Waals surface area (Å²) in [4.78, 5) is 25.8. The van der Waals surface area contributed by atoms with Gasteiger partial charge in [-0.3, -0.25) is 14.6 Å². The van der Waals surface area contributed by atoms with Gasteiger partial charge in [0, 0.05) is 31.2 Å². The lowest BCUT2D eigenvalue weighted by Crippen LogP contribution is -2.54. The molecule has 0 saturated carbocycles. The smallest absolute Gasteiger partial charge is 0.240 e. The fraction of sp³-hybridized carbons (Fsp3) is 0.611. The topological polar surface area (TPSA) is 44.6 Å². The van der Waals surface area contributed by atoms with Crippen molar-refractivity contribution < 1.29 is 4.79 Å². The van der Waals surface area contributed by atoms with Gasteiger partial charge in [0.2, 0.25) is 5.91 Å². The first-order valence-corrected chi connectivity index (χ1v) is 16.5. The number of benzene rings is 2. The van der Waals surface area contributed by atoms with Gasteiger partial charge < -0.3 is 9.47 Å². The molecule has 4 atom stereocenters. The number of amides is 1. The largest absolute Gasteiger partial charge is 0.341 e. The first-order valence-electron chi connectivity index (χ1n) is 16.5. The highest BCUT2D eigenvalue weighted by Crippen LogP contribution is 2.45. The van der Waals surface area contributed by atoms with E-state index in [9.17, 15) is 4.79 Å². The summed E-state index contributed by atoms with van der Waals surface area (Å²) in [6.07, 6.45) is 9.37. The van der Waals surface area contributed by atoms with Gasteiger partial charge in [0.15, 0.2) is 0 Å². The number of rotatable bonds is 9. The predicted molar refractivity (Wildman–Crippen MR) is 172 cm³/mol. The van der Waals surface area contributed by atoms with Crippen LogP contribution in [0.5, 0.6) is 0 Å². The third kappa shape index (κ3) is 5.41. The number of aryl methyl sites for hydroxylation is 1. The van der Waals surface area contributed by atoms with Crippen molar-refractivity contribution in [1.82, 2.24) is 24.3 Å². The van der Waals surface area contributed by atoms with Gasteiger partial charge in [-0.1, -0.05) is 62.7 Å². The minimum absolute atomic E-state index is 0.0348. The second-order valence-corrected chi connectivity index (χ2v) is 13.8. The van der Waals surface area contributed by atoms with Crippen molar-refractivity contribution in [2.24, 2.45) is 5.92 Å². The molecule has 3 fully saturated rings. The Balaban J connectivity index is 1.16. The highest BCUT2D eigenvalue weighted by Gasteiger charge is 2.44. The molecule has 2 bridgehead atoms. The second-order valence-electron chi connectivity index (χ2n) is 13.8. The molecule has 4 unspecified atom stereocenters. The molecule has 3 saturated heterocycles. The van der Waals surface area contributed by atoms with Crippen molar-refractivity contribution in [3.05, 3.63) is 66.0 Å². The fourth-order valence-corrected chi connectivity index (χ4v) is 8.80. The van der Waals surface area contributed by atoms with E-state index in [4.69, 9.17) is 4.98 Å². The number of nitrogens with zero attached hydrogens (tertiary/aromatic N) is 5. The molecule has 3 aromatic rings. The maximum Gasteiger partial charge on any atom is 0.240 e. The summed E-state index contributed by atoms with van der Waals surface area (Å²) in [6.45, 7) is 9.46. The molecule has 3 aliphatic rings. The lowest BCUT2D eigenvalue weighted by Gasteiger charge is -2.46. The number of hydrogen-bond donors (Lipinski definition) is 0. The van der Waals surface area contributed by atoms with Crippen LogP contribution in [-0.4, -0.2) is 82.0 Å². The van der Waals surface area contributed by atoms with Crippen molar-refractivity contribution in [3.8, 4) is 0 Å². The molecule has 4 heterocycles. The van der Waals surface area contributed by atoms with Gasteiger partial charge in [-0.05, 0) is 102 Å². The molecule has 6 heteroatoms. The van der Waals surface area contributed by atoms with Crippen LogP contribution in [0.2, 0.25) is 0 Å². The van der Waals surface area contributed by atoms with E-state index in [-0.39, 0.29) is 11.5 Å². The number of piperidine rings is 2. The summed E-state index contributed by atoms with van der Waals surface area (Å²) < 4.78 is 2.54. The maximum atomic E-state index is 13.7. The summed E-state index contributed by atoms with van der Waals surface area (Å²) in [5.41, 5.74) is 4.02. The molecule has 42 heavy (non-hydrogen) atoms. The molecule has 0 N–H and O–H groups in total. The average molecular weight is 570 g/mol. The van der Waals surface area contributed by atoms with E-state index in [1.807, 2.05) is 0 Å². The van der Waals surface area contributed by atoms with Crippen LogP contribution in [-0.2, 0) is 10.2 Å². The standard InChI is InChI=1S/C36H51N5O/c1-6-26(2)34(38(4)5)35(42)39-21-18-36(19-22-39,28-12-8-7-9-13-28)20-23-40-29-16-17-30(40)25-31(24-29)41-27(3)37-32-14-10-11-15-33(32)41/h7-15,26,29-31,34H,6,16-25H2,1-5H3. The van der Waals surface area contributed by atoms with Gasteiger partial charge in [0.25, 0.3) is 0 Å². The SMILES string of the molecule is CCC(C)C(C(=O)N1CCC(CCN2C3CCC2CC(n2c(C)nc4ccccc42)C3)(c2ccccc2)CC1)N(C)C. The molecular formula is C36H51N5O. The summed E-state index contributed by atoms with van der Waals surface area (Å²) in [5.74, 6) is 1.83. The van der Waals surface area contributed by atoms with Crippen molar-refractivity contribution in [2.45, 2.75) is 102 Å². The molecule has 1 aromatic heterocycles. The van der Waals surface area contributed by atoms with Crippen LogP contribution in [0.25, 0.3) is 11.0 Å². The van der Waals surface area contributed by atoms with E-state index in [0.717, 1.165) is 50.2 Å². The normalized spacial score (nSPS) is 25.7. The number of fused-ring (bicyclic) bond motifs is 3. The summed E-state index contributed by atoms with van der Waals surface area (Å²) in [7, 11) is 4.11. The van der Waals surface area contributed by atoms with Gasteiger partial charge in [-0.25, -0.2) is 4.98 Å². The van der Waals surface area contributed by atoms with E-state index in [1.165, 1.54) is 43.2 Å². The van der Waals surface area contributed by atoms with Gasteiger partial charge in [0.05, 0.1) is 17.1 Å². The monoisotopic (exact) mass is 569 g/mol. The second kappa shape index (κ2) is 12.1. The van der Waals surface area contributed by atoms with Crippen LogP contribution in [0.1, 0.15) is 82.6 Å². The minimum Gasteiger partial charge on any atom is -0.341 e. The Bertz CT molecular complexity index is 1340. The lowest BCUT2D eigenvalue weighted by molar-refractivity contribution is -0.139. The zero-order valence-corrected chi connectivity index (χ0v) is 26.5. The summed E-state index contributed by atoms with van der Waals surface area (Å²) >= 11 is 0. The molecule has 6 nitrogen and oxygen atoms in total. The Labute approximate surface area is 253 Å². The zero-order valence-electron chi connectivity index (χ0n) is 26.5. The van der Waals surface area contributed by atoms with Gasteiger partial charge in [-0.15, -0.1) is 0 Å².